The zero-order valence-electron chi connectivity index (χ0n) is 9.74. The molecule has 0 saturated carbocycles. The van der Waals surface area contributed by atoms with Crippen LogP contribution in [0.5, 0.6) is 11.5 Å². The van der Waals surface area contributed by atoms with Crippen LogP contribution in [-0.4, -0.2) is 16.1 Å². The highest BCUT2D eigenvalue weighted by Crippen LogP contribution is 2.31. The van der Waals surface area contributed by atoms with Crippen LogP contribution in [0.3, 0.4) is 0 Å². The summed E-state index contributed by atoms with van der Waals surface area (Å²) in [5, 5.41) is 10.3. The number of ether oxygens (including phenoxy) is 1. The molecule has 0 atom stereocenters. The minimum Gasteiger partial charge on any atom is -0.503 e. The highest BCUT2D eigenvalue weighted by molar-refractivity contribution is 5.98. The number of benzene rings is 1. The predicted molar refractivity (Wildman–Crippen MR) is 67.1 cm³/mol. The monoisotopic (exact) mass is 255 g/mol. The van der Waals surface area contributed by atoms with Crippen molar-refractivity contribution in [2.24, 2.45) is 0 Å². The van der Waals surface area contributed by atoms with Gasteiger partial charge >= 0.3 is 5.97 Å². The summed E-state index contributed by atoms with van der Waals surface area (Å²) in [5.41, 5.74) is 0.194. The van der Waals surface area contributed by atoms with Crippen LogP contribution < -0.4 is 4.74 Å². The molecule has 1 N–H and O–H groups in total. The van der Waals surface area contributed by atoms with Crippen molar-refractivity contribution in [1.82, 2.24) is 4.98 Å². The number of furan rings is 1. The Morgan fingerprint density at radius 3 is 2.68 bits per heavy atom. The molecule has 94 valence electrons. The maximum absolute atomic E-state index is 11.9. The van der Waals surface area contributed by atoms with Crippen molar-refractivity contribution in [2.75, 3.05) is 0 Å². The lowest BCUT2D eigenvalue weighted by Gasteiger charge is -2.01. The Morgan fingerprint density at radius 2 is 1.95 bits per heavy atom. The third kappa shape index (κ3) is 2.01. The van der Waals surface area contributed by atoms with Crippen LogP contribution in [-0.2, 0) is 0 Å². The predicted octanol–water partition coefficient (Wildman–Crippen LogP) is 2.75. The zero-order valence-corrected chi connectivity index (χ0v) is 9.74. The number of hydrogen-bond acceptors (Lipinski definition) is 5. The quantitative estimate of drug-likeness (QED) is 0.563. The molecule has 0 bridgehead atoms. The van der Waals surface area contributed by atoms with Crippen molar-refractivity contribution < 1.29 is 19.1 Å². The number of carbonyl (C=O) groups is 1. The minimum absolute atomic E-state index is 0.194. The van der Waals surface area contributed by atoms with E-state index in [9.17, 15) is 9.90 Å². The lowest BCUT2D eigenvalue weighted by molar-refractivity contribution is 0.0699. The van der Waals surface area contributed by atoms with Gasteiger partial charge in [-0.15, -0.1) is 0 Å². The van der Waals surface area contributed by atoms with E-state index in [2.05, 4.69) is 4.98 Å². The second kappa shape index (κ2) is 4.45. The molecule has 19 heavy (non-hydrogen) atoms. The fourth-order valence-corrected chi connectivity index (χ4v) is 1.70. The summed E-state index contributed by atoms with van der Waals surface area (Å²) in [6, 6.07) is 11.8. The Labute approximate surface area is 108 Å². The number of hydrogen-bond donors (Lipinski definition) is 1. The number of aromatic hydroxyl groups is 1. The first-order chi connectivity index (χ1) is 9.25. The summed E-state index contributed by atoms with van der Waals surface area (Å²) >= 11 is 0. The average Bonchev–Trinajstić information content (AvgIpc) is 2.78. The average molecular weight is 255 g/mol. The largest absolute Gasteiger partial charge is 0.503 e. The van der Waals surface area contributed by atoms with Crippen molar-refractivity contribution >= 4 is 17.1 Å². The van der Waals surface area contributed by atoms with Crippen LogP contribution in [0.4, 0.5) is 0 Å². The fourth-order valence-electron chi connectivity index (χ4n) is 1.70. The SMILES string of the molecule is O=C(Oc1ccccc1)c1oc2ncccc2c1O. The number of para-hydroxylation sites is 1. The molecule has 2 heterocycles. The van der Waals surface area contributed by atoms with Gasteiger partial charge in [0.15, 0.2) is 5.75 Å². The van der Waals surface area contributed by atoms with Crippen molar-refractivity contribution in [3.8, 4) is 11.5 Å². The molecule has 3 aromatic rings. The Bertz CT molecular complexity index is 734. The van der Waals surface area contributed by atoms with E-state index < -0.39 is 5.97 Å². The molecule has 0 saturated heterocycles. The smallest absolute Gasteiger partial charge is 0.383 e. The lowest BCUT2D eigenvalue weighted by atomic mass is 10.3. The topological polar surface area (TPSA) is 72.6 Å². The van der Waals surface area contributed by atoms with Crippen LogP contribution in [0, 0.1) is 0 Å². The van der Waals surface area contributed by atoms with E-state index in [1.165, 1.54) is 6.20 Å². The van der Waals surface area contributed by atoms with Gasteiger partial charge in [-0.2, -0.15) is 0 Å². The first kappa shape index (κ1) is 11.3. The minimum atomic E-state index is -0.762. The third-order valence-electron chi connectivity index (χ3n) is 2.58. The van der Waals surface area contributed by atoms with Gasteiger partial charge in [0.1, 0.15) is 5.75 Å². The number of aromatic nitrogens is 1. The van der Waals surface area contributed by atoms with Crippen LogP contribution >= 0.6 is 0 Å². The Kier molecular flexibility index (Phi) is 2.64. The zero-order chi connectivity index (χ0) is 13.2. The van der Waals surface area contributed by atoms with E-state index in [1.54, 1.807) is 42.5 Å². The van der Waals surface area contributed by atoms with E-state index in [0.717, 1.165) is 0 Å². The molecular weight excluding hydrogens is 246 g/mol. The van der Waals surface area contributed by atoms with Gasteiger partial charge in [-0.05, 0) is 24.3 Å². The number of pyridine rings is 1. The van der Waals surface area contributed by atoms with E-state index >= 15 is 0 Å². The molecule has 0 fully saturated rings. The van der Waals surface area contributed by atoms with Crippen molar-refractivity contribution in [2.45, 2.75) is 0 Å². The van der Waals surface area contributed by atoms with Gasteiger partial charge in [-0.25, -0.2) is 9.78 Å². The normalized spacial score (nSPS) is 10.5. The van der Waals surface area contributed by atoms with Crippen LogP contribution in [0.1, 0.15) is 10.6 Å². The van der Waals surface area contributed by atoms with Crippen molar-refractivity contribution in [3.05, 3.63) is 54.4 Å². The van der Waals surface area contributed by atoms with Gasteiger partial charge in [0, 0.05) is 6.20 Å². The second-order valence-corrected chi connectivity index (χ2v) is 3.84. The van der Waals surface area contributed by atoms with E-state index in [0.29, 0.717) is 11.1 Å². The maximum Gasteiger partial charge on any atom is 0.383 e. The summed E-state index contributed by atoms with van der Waals surface area (Å²) < 4.78 is 10.3. The molecule has 0 unspecified atom stereocenters. The van der Waals surface area contributed by atoms with Gasteiger partial charge in [0.2, 0.25) is 5.71 Å². The van der Waals surface area contributed by atoms with E-state index in [4.69, 9.17) is 9.15 Å². The molecule has 5 nitrogen and oxygen atoms in total. The number of carbonyl (C=O) groups excluding carboxylic acids is 1. The van der Waals surface area contributed by atoms with Gasteiger partial charge < -0.3 is 14.3 Å². The van der Waals surface area contributed by atoms with Crippen LogP contribution in [0.2, 0.25) is 0 Å². The van der Waals surface area contributed by atoms with E-state index in [-0.39, 0.29) is 17.2 Å². The molecule has 0 aliphatic carbocycles. The highest BCUT2D eigenvalue weighted by Gasteiger charge is 2.22. The first-order valence-electron chi connectivity index (χ1n) is 5.59. The van der Waals surface area contributed by atoms with Crippen LogP contribution in [0.15, 0.2) is 53.1 Å². The number of rotatable bonds is 2. The number of nitrogens with zero attached hydrogens (tertiary/aromatic N) is 1. The standard InChI is InChI=1S/C14H9NO4/c16-11-10-7-4-8-15-13(10)19-12(11)14(17)18-9-5-2-1-3-6-9/h1-8,16H. The molecule has 0 aliphatic rings. The number of esters is 1. The van der Waals surface area contributed by atoms with Gasteiger partial charge in [0.05, 0.1) is 5.39 Å². The lowest BCUT2D eigenvalue weighted by Crippen LogP contribution is -2.07. The van der Waals surface area contributed by atoms with E-state index in [1.807, 2.05) is 0 Å². The molecular formula is C14H9NO4. The van der Waals surface area contributed by atoms with Gasteiger partial charge in [-0.1, -0.05) is 18.2 Å². The molecule has 2 aromatic heterocycles. The first-order valence-corrected chi connectivity index (χ1v) is 5.59. The fraction of sp³-hybridized carbons (Fsp3) is 0. The summed E-state index contributed by atoms with van der Waals surface area (Å²) in [6.45, 7) is 0. The second-order valence-electron chi connectivity index (χ2n) is 3.84. The molecule has 0 amide bonds. The van der Waals surface area contributed by atoms with Crippen molar-refractivity contribution in [3.63, 3.8) is 0 Å². The molecule has 3 rings (SSSR count). The van der Waals surface area contributed by atoms with Gasteiger partial charge in [0.25, 0.3) is 5.76 Å². The summed E-state index contributed by atoms with van der Waals surface area (Å²) in [5.74, 6) is -0.899. The molecule has 0 spiro atoms. The number of fused-ring (bicyclic) bond motifs is 1. The summed E-state index contributed by atoms with van der Waals surface area (Å²) in [6.07, 6.45) is 1.51. The third-order valence-corrected chi connectivity index (χ3v) is 2.58. The Hall–Kier alpha value is -2.82. The van der Waals surface area contributed by atoms with Crippen molar-refractivity contribution in [1.29, 1.82) is 0 Å². The molecule has 0 aliphatic heterocycles. The maximum atomic E-state index is 11.9. The Morgan fingerprint density at radius 1 is 1.16 bits per heavy atom. The molecule has 0 radical (unpaired) electrons. The molecule has 5 heteroatoms. The molecule has 1 aromatic carbocycles. The van der Waals surface area contributed by atoms with Gasteiger partial charge in [-0.3, -0.25) is 0 Å². The Balaban J connectivity index is 1.96. The van der Waals surface area contributed by atoms with Crippen LogP contribution in [0.25, 0.3) is 11.1 Å². The highest BCUT2D eigenvalue weighted by atomic mass is 16.5. The summed E-state index contributed by atoms with van der Waals surface area (Å²) in [7, 11) is 0. The summed E-state index contributed by atoms with van der Waals surface area (Å²) in [4.78, 5) is 15.8.